The maximum Gasteiger partial charge on any atom is 0.356 e. The van der Waals surface area contributed by atoms with Crippen LogP contribution in [0.5, 0.6) is 0 Å². The van der Waals surface area contributed by atoms with E-state index in [0.29, 0.717) is 0 Å². The Morgan fingerprint density at radius 2 is 0.676 bits per heavy atom. The number of benzene rings is 4. The Hall–Kier alpha value is -3.08. The highest BCUT2D eigenvalue weighted by atomic mass is 31.2. The zero-order valence-corrected chi connectivity index (χ0v) is 19.7. The summed E-state index contributed by atoms with van der Waals surface area (Å²) in [5.74, 6) is 0. The molecule has 0 fully saturated rings. The van der Waals surface area contributed by atoms with Crippen LogP contribution >= 0.6 is 15.2 Å². The lowest BCUT2D eigenvalue weighted by Gasteiger charge is -2.19. The van der Waals surface area contributed by atoms with Gasteiger partial charge in [-0.05, 0) is 57.7 Å². The summed E-state index contributed by atoms with van der Waals surface area (Å²) < 4.78 is 23.4. The fourth-order valence-corrected chi connectivity index (χ4v) is 4.84. The quantitative estimate of drug-likeness (QED) is 0.236. The van der Waals surface area contributed by atoms with Crippen molar-refractivity contribution in [1.82, 2.24) is 0 Å². The monoisotopic (exact) mass is 492 g/mol. The van der Waals surface area contributed by atoms with Crippen LogP contribution in [0.25, 0.3) is 11.1 Å². The molecular formula is C26H22O6P2. The van der Waals surface area contributed by atoms with Gasteiger partial charge in [0.15, 0.2) is 0 Å². The molecular weight excluding hydrogens is 470 g/mol. The third kappa shape index (κ3) is 5.35. The van der Waals surface area contributed by atoms with Gasteiger partial charge in [0, 0.05) is 0 Å². The molecule has 172 valence electrons. The van der Waals surface area contributed by atoms with Crippen LogP contribution in [0.3, 0.4) is 0 Å². The summed E-state index contributed by atoms with van der Waals surface area (Å²) >= 11 is 0. The number of hydrogen-bond donors (Lipinski definition) is 4. The molecule has 0 heterocycles. The van der Waals surface area contributed by atoms with Crippen molar-refractivity contribution in [3.05, 3.63) is 131 Å². The van der Waals surface area contributed by atoms with Crippen LogP contribution in [0.2, 0.25) is 0 Å². The topological polar surface area (TPSA) is 115 Å². The molecule has 0 amide bonds. The maximum absolute atomic E-state index is 11.7. The molecule has 0 bridgehead atoms. The van der Waals surface area contributed by atoms with Crippen LogP contribution in [-0.2, 0) is 9.13 Å². The van der Waals surface area contributed by atoms with Crippen molar-refractivity contribution in [1.29, 1.82) is 0 Å². The van der Waals surface area contributed by atoms with Crippen LogP contribution in [0.15, 0.2) is 109 Å². The molecule has 0 unspecified atom stereocenters. The van der Waals surface area contributed by atoms with Crippen molar-refractivity contribution in [2.24, 2.45) is 0 Å². The van der Waals surface area contributed by atoms with E-state index in [1.54, 1.807) is 24.3 Å². The van der Waals surface area contributed by atoms with Crippen molar-refractivity contribution in [3.63, 3.8) is 0 Å². The Labute approximate surface area is 197 Å². The fourth-order valence-electron chi connectivity index (χ4n) is 3.76. The summed E-state index contributed by atoms with van der Waals surface area (Å²) in [6.45, 7) is 0. The normalized spacial score (nSPS) is 12.8. The van der Waals surface area contributed by atoms with E-state index in [2.05, 4.69) is 0 Å². The minimum Gasteiger partial charge on any atom is -0.321 e. The predicted molar refractivity (Wildman–Crippen MR) is 134 cm³/mol. The molecule has 0 aromatic heterocycles. The molecule has 0 aliphatic rings. The standard InChI is InChI=1S/C26H22O6P2/c27-33(28,29)23-15-11-21(12-16-23)25(19-7-3-1-4-8-19)26(20-9-5-2-6-10-20)22-13-17-24(18-14-22)34(30,31)32/h1-18H,(H2,27,28,29)(H2,30,31,32)/b26-25+. The van der Waals surface area contributed by atoms with E-state index in [1.165, 1.54) is 24.3 Å². The van der Waals surface area contributed by atoms with Crippen molar-refractivity contribution in [2.45, 2.75) is 0 Å². The molecule has 34 heavy (non-hydrogen) atoms. The summed E-state index contributed by atoms with van der Waals surface area (Å²) in [6.07, 6.45) is 0. The fraction of sp³-hybridized carbons (Fsp3) is 0. The molecule has 0 aliphatic heterocycles. The van der Waals surface area contributed by atoms with Gasteiger partial charge in [0.05, 0.1) is 10.6 Å². The van der Waals surface area contributed by atoms with Crippen LogP contribution in [-0.4, -0.2) is 19.6 Å². The van der Waals surface area contributed by atoms with Gasteiger partial charge >= 0.3 is 15.2 Å². The first-order valence-electron chi connectivity index (χ1n) is 10.3. The highest BCUT2D eigenvalue weighted by Crippen LogP contribution is 2.39. The lowest BCUT2D eigenvalue weighted by atomic mass is 9.86. The molecule has 4 rings (SSSR count). The Balaban J connectivity index is 2.03. The first-order chi connectivity index (χ1) is 16.1. The molecule has 8 heteroatoms. The third-order valence-electron chi connectivity index (χ3n) is 5.36. The molecule has 0 aliphatic carbocycles. The summed E-state index contributed by atoms with van der Waals surface area (Å²) in [5, 5.41) is -0.146. The van der Waals surface area contributed by atoms with Crippen LogP contribution < -0.4 is 10.6 Å². The highest BCUT2D eigenvalue weighted by Gasteiger charge is 2.21. The van der Waals surface area contributed by atoms with Crippen molar-refractivity contribution in [2.75, 3.05) is 0 Å². The molecule has 0 spiro atoms. The summed E-state index contributed by atoms with van der Waals surface area (Å²) in [5.41, 5.74) is 4.86. The van der Waals surface area contributed by atoms with Crippen molar-refractivity contribution >= 4 is 36.9 Å². The largest absolute Gasteiger partial charge is 0.356 e. The smallest absolute Gasteiger partial charge is 0.321 e. The Morgan fingerprint density at radius 1 is 0.412 bits per heavy atom. The molecule has 6 nitrogen and oxygen atoms in total. The first-order valence-corrected chi connectivity index (χ1v) is 13.6. The van der Waals surface area contributed by atoms with Crippen LogP contribution in [0, 0.1) is 0 Å². The molecule has 0 atom stereocenters. The highest BCUT2D eigenvalue weighted by molar-refractivity contribution is 7.60. The van der Waals surface area contributed by atoms with Gasteiger partial charge in [0.2, 0.25) is 0 Å². The predicted octanol–water partition coefficient (Wildman–Crippen LogP) is 4.30. The molecule has 4 aromatic rings. The summed E-state index contributed by atoms with van der Waals surface area (Å²) in [6, 6.07) is 31.5. The zero-order valence-electron chi connectivity index (χ0n) is 17.9. The summed E-state index contributed by atoms with van der Waals surface area (Å²) in [7, 11) is -8.78. The molecule has 0 radical (unpaired) electrons. The average Bonchev–Trinajstić information content (AvgIpc) is 2.83. The Kier molecular flexibility index (Phi) is 6.83. The van der Waals surface area contributed by atoms with Gasteiger partial charge in [-0.15, -0.1) is 0 Å². The van der Waals surface area contributed by atoms with E-state index in [0.717, 1.165) is 33.4 Å². The molecule has 4 aromatic carbocycles. The Morgan fingerprint density at radius 3 is 0.941 bits per heavy atom. The van der Waals surface area contributed by atoms with Crippen molar-refractivity contribution in [3.8, 4) is 0 Å². The van der Waals surface area contributed by atoms with E-state index in [4.69, 9.17) is 0 Å². The van der Waals surface area contributed by atoms with Gasteiger partial charge in [-0.2, -0.15) is 0 Å². The van der Waals surface area contributed by atoms with Gasteiger partial charge in [0.1, 0.15) is 0 Å². The van der Waals surface area contributed by atoms with Gasteiger partial charge in [-0.1, -0.05) is 84.9 Å². The van der Waals surface area contributed by atoms with Crippen LogP contribution in [0.4, 0.5) is 0 Å². The van der Waals surface area contributed by atoms with E-state index in [9.17, 15) is 28.7 Å². The van der Waals surface area contributed by atoms with Crippen LogP contribution in [0.1, 0.15) is 22.3 Å². The van der Waals surface area contributed by atoms with E-state index < -0.39 is 15.2 Å². The number of rotatable bonds is 6. The summed E-state index contributed by atoms with van der Waals surface area (Å²) in [4.78, 5) is 38.1. The second-order valence-corrected chi connectivity index (χ2v) is 10.9. The Bertz CT molecular complexity index is 1290. The van der Waals surface area contributed by atoms with Gasteiger partial charge in [0.25, 0.3) is 0 Å². The minimum absolute atomic E-state index is 0.0732. The van der Waals surface area contributed by atoms with E-state index in [1.807, 2.05) is 60.7 Å². The van der Waals surface area contributed by atoms with E-state index >= 15 is 0 Å². The van der Waals surface area contributed by atoms with Gasteiger partial charge < -0.3 is 19.6 Å². The lowest BCUT2D eigenvalue weighted by molar-refractivity contribution is 0.385. The lowest BCUT2D eigenvalue weighted by Crippen LogP contribution is -2.05. The SMILES string of the molecule is O=P(O)(O)c1ccc(/C(=C(\c2ccccc2)c2ccc(P(=O)(O)O)cc2)c2ccccc2)cc1. The molecule has 0 saturated heterocycles. The maximum atomic E-state index is 11.7. The van der Waals surface area contributed by atoms with Crippen molar-refractivity contribution < 1.29 is 28.7 Å². The second kappa shape index (κ2) is 9.65. The number of hydrogen-bond acceptors (Lipinski definition) is 2. The third-order valence-corrected chi connectivity index (χ3v) is 7.30. The second-order valence-electron chi connectivity index (χ2n) is 7.66. The van der Waals surface area contributed by atoms with Gasteiger partial charge in [-0.3, -0.25) is 9.13 Å². The molecule has 0 saturated carbocycles. The first kappa shape index (κ1) is 24.1. The zero-order chi connectivity index (χ0) is 24.3. The van der Waals surface area contributed by atoms with E-state index in [-0.39, 0.29) is 10.6 Å². The minimum atomic E-state index is -4.39. The average molecular weight is 492 g/mol. The van der Waals surface area contributed by atoms with Gasteiger partial charge in [-0.25, -0.2) is 0 Å². The molecule has 4 N–H and O–H groups in total.